The van der Waals surface area contributed by atoms with Crippen LogP contribution in [-0.4, -0.2) is 19.9 Å². The molecule has 0 aliphatic rings. The third-order valence-electron chi connectivity index (χ3n) is 6.05. The highest BCUT2D eigenvalue weighted by Gasteiger charge is 1.89. The number of rotatable bonds is 0. The van der Waals surface area contributed by atoms with Crippen molar-refractivity contribution in [3.8, 4) is 0 Å². The van der Waals surface area contributed by atoms with Gasteiger partial charge in [-0.1, -0.05) is 97.1 Å². The van der Waals surface area contributed by atoms with Crippen LogP contribution in [0.3, 0.4) is 0 Å². The van der Waals surface area contributed by atoms with Gasteiger partial charge in [0.15, 0.2) is 0 Å². The molecule has 4 aromatic carbocycles. The van der Waals surface area contributed by atoms with Crippen LogP contribution in [0.25, 0.3) is 43.6 Å². The number of fused-ring (bicyclic) bond motifs is 4. The topological polar surface area (TPSA) is 86.6 Å². The molecule has 0 unspecified atom stereocenters. The SMILES string of the molecule is N.c1ccc2ncccc2c1.c1ccc2ncccc2c1.c1ccc2ncccc2c1.c1ccc2ncccc2c1. The van der Waals surface area contributed by atoms with E-state index in [1.165, 1.54) is 21.5 Å². The van der Waals surface area contributed by atoms with Gasteiger partial charge < -0.3 is 6.15 Å². The Morgan fingerprint density at radius 2 is 0.439 bits per heavy atom. The van der Waals surface area contributed by atoms with Gasteiger partial charge in [0.1, 0.15) is 0 Å². The molecule has 0 atom stereocenters. The van der Waals surface area contributed by atoms with Crippen molar-refractivity contribution in [3.63, 3.8) is 0 Å². The molecule has 200 valence electrons. The Bertz CT molecular complexity index is 1390. The molecule has 8 rings (SSSR count). The highest BCUT2D eigenvalue weighted by molar-refractivity contribution is 5.79. The first-order valence-electron chi connectivity index (χ1n) is 13.1. The monoisotopic (exact) mass is 533 g/mol. The van der Waals surface area contributed by atoms with Gasteiger partial charge in [0.2, 0.25) is 0 Å². The molecule has 0 spiro atoms. The summed E-state index contributed by atoms with van der Waals surface area (Å²) in [5.74, 6) is 0. The molecule has 0 amide bonds. The van der Waals surface area contributed by atoms with Crippen molar-refractivity contribution in [2.45, 2.75) is 0 Å². The minimum Gasteiger partial charge on any atom is -0.344 e. The number of para-hydroxylation sites is 4. The number of nitrogens with zero attached hydrogens (tertiary/aromatic N) is 4. The molecule has 5 heteroatoms. The Hall–Kier alpha value is -5.52. The fourth-order valence-corrected chi connectivity index (χ4v) is 4.06. The molecule has 5 nitrogen and oxygen atoms in total. The Labute approximate surface area is 239 Å². The van der Waals surface area contributed by atoms with Gasteiger partial charge in [0.05, 0.1) is 22.1 Å². The molecule has 41 heavy (non-hydrogen) atoms. The minimum absolute atomic E-state index is 0. The summed E-state index contributed by atoms with van der Waals surface area (Å²) in [5, 5.41) is 4.80. The molecule has 0 saturated heterocycles. The maximum Gasteiger partial charge on any atom is 0.0701 e. The first-order valence-corrected chi connectivity index (χ1v) is 13.1. The molecule has 0 radical (unpaired) electrons. The summed E-state index contributed by atoms with van der Waals surface area (Å²) in [5.41, 5.74) is 4.24. The van der Waals surface area contributed by atoms with Gasteiger partial charge in [-0.2, -0.15) is 0 Å². The Kier molecular flexibility index (Phi) is 10.5. The van der Waals surface area contributed by atoms with Crippen LogP contribution in [0.1, 0.15) is 0 Å². The summed E-state index contributed by atoms with van der Waals surface area (Å²) in [6.45, 7) is 0. The number of hydrogen-bond acceptors (Lipinski definition) is 5. The van der Waals surface area contributed by atoms with Gasteiger partial charge in [0, 0.05) is 46.3 Å². The zero-order valence-electron chi connectivity index (χ0n) is 22.7. The quantitative estimate of drug-likeness (QED) is 0.210. The van der Waals surface area contributed by atoms with Crippen LogP contribution in [-0.2, 0) is 0 Å². The normalized spacial score (nSPS) is 9.76. The van der Waals surface area contributed by atoms with Crippen LogP contribution < -0.4 is 6.15 Å². The fourth-order valence-electron chi connectivity index (χ4n) is 4.06. The summed E-state index contributed by atoms with van der Waals surface area (Å²) >= 11 is 0. The van der Waals surface area contributed by atoms with Crippen LogP contribution in [0.4, 0.5) is 0 Å². The fraction of sp³-hybridized carbons (Fsp3) is 0. The van der Waals surface area contributed by atoms with Crippen molar-refractivity contribution < 1.29 is 0 Å². The lowest BCUT2D eigenvalue weighted by Crippen LogP contribution is -1.73. The highest BCUT2D eigenvalue weighted by atomic mass is 14.7. The lowest BCUT2D eigenvalue weighted by molar-refractivity contribution is 1.41. The summed E-state index contributed by atoms with van der Waals surface area (Å²) in [6.07, 6.45) is 7.23. The van der Waals surface area contributed by atoms with E-state index in [1.807, 2.05) is 122 Å². The van der Waals surface area contributed by atoms with Crippen LogP contribution in [0.2, 0.25) is 0 Å². The van der Waals surface area contributed by atoms with E-state index in [0.717, 1.165) is 22.1 Å². The molecule has 0 aliphatic heterocycles. The van der Waals surface area contributed by atoms with E-state index in [0.29, 0.717) is 0 Å². The predicted molar refractivity (Wildman–Crippen MR) is 172 cm³/mol. The van der Waals surface area contributed by atoms with Crippen LogP contribution >= 0.6 is 0 Å². The molecular formula is C36H31N5. The van der Waals surface area contributed by atoms with Gasteiger partial charge in [-0.3, -0.25) is 19.9 Å². The van der Waals surface area contributed by atoms with E-state index in [2.05, 4.69) is 68.5 Å². The van der Waals surface area contributed by atoms with E-state index in [4.69, 9.17) is 0 Å². The molecule has 0 bridgehead atoms. The second-order valence-corrected chi connectivity index (χ2v) is 8.78. The molecule has 3 N–H and O–H groups in total. The Balaban J connectivity index is 0.000000125. The van der Waals surface area contributed by atoms with E-state index >= 15 is 0 Å². The van der Waals surface area contributed by atoms with Gasteiger partial charge in [-0.25, -0.2) is 0 Å². The van der Waals surface area contributed by atoms with Crippen molar-refractivity contribution in [3.05, 3.63) is 170 Å². The maximum atomic E-state index is 4.18. The number of benzene rings is 4. The van der Waals surface area contributed by atoms with Gasteiger partial charge in [-0.15, -0.1) is 0 Å². The van der Waals surface area contributed by atoms with Crippen molar-refractivity contribution >= 4 is 43.6 Å². The Morgan fingerprint density at radius 3 is 0.659 bits per heavy atom. The van der Waals surface area contributed by atoms with E-state index in [1.54, 1.807) is 0 Å². The van der Waals surface area contributed by atoms with Crippen molar-refractivity contribution in [2.24, 2.45) is 0 Å². The van der Waals surface area contributed by atoms with Crippen LogP contribution in [0.15, 0.2) is 170 Å². The van der Waals surface area contributed by atoms with Gasteiger partial charge in [-0.05, 0) is 48.5 Å². The van der Waals surface area contributed by atoms with Crippen molar-refractivity contribution in [2.75, 3.05) is 0 Å². The summed E-state index contributed by atoms with van der Waals surface area (Å²) in [7, 11) is 0. The summed E-state index contributed by atoms with van der Waals surface area (Å²) in [6, 6.07) is 48.3. The Morgan fingerprint density at radius 1 is 0.244 bits per heavy atom. The molecular weight excluding hydrogens is 502 g/mol. The largest absolute Gasteiger partial charge is 0.344 e. The van der Waals surface area contributed by atoms with Crippen molar-refractivity contribution in [1.82, 2.24) is 26.1 Å². The molecule has 0 aliphatic carbocycles. The van der Waals surface area contributed by atoms with E-state index in [9.17, 15) is 0 Å². The molecule has 4 aromatic heterocycles. The lowest BCUT2D eigenvalue weighted by Gasteiger charge is -1.91. The average molecular weight is 534 g/mol. The first-order chi connectivity index (χ1) is 19.9. The predicted octanol–water partition coefficient (Wildman–Crippen LogP) is 9.10. The average Bonchev–Trinajstić information content (AvgIpc) is 3.06. The summed E-state index contributed by atoms with van der Waals surface area (Å²) < 4.78 is 0. The molecule has 0 fully saturated rings. The van der Waals surface area contributed by atoms with Gasteiger partial charge >= 0.3 is 0 Å². The molecule has 8 aromatic rings. The second-order valence-electron chi connectivity index (χ2n) is 8.78. The smallest absolute Gasteiger partial charge is 0.0701 e. The van der Waals surface area contributed by atoms with Gasteiger partial charge in [0.25, 0.3) is 0 Å². The number of hydrogen-bond donors (Lipinski definition) is 1. The third kappa shape index (κ3) is 8.23. The second kappa shape index (κ2) is 15.2. The third-order valence-corrected chi connectivity index (χ3v) is 6.05. The standard InChI is InChI=1S/4C9H7N.H3N/c4*1-2-6-9-8(4-1)5-3-7-10-9;/h4*1-7H;1H3. The van der Waals surface area contributed by atoms with Crippen LogP contribution in [0.5, 0.6) is 0 Å². The van der Waals surface area contributed by atoms with E-state index in [-0.39, 0.29) is 6.15 Å². The van der Waals surface area contributed by atoms with Crippen LogP contribution in [0, 0.1) is 0 Å². The molecule has 4 heterocycles. The van der Waals surface area contributed by atoms with E-state index < -0.39 is 0 Å². The highest BCUT2D eigenvalue weighted by Crippen LogP contribution is 2.10. The maximum absolute atomic E-state index is 4.18. The molecule has 0 saturated carbocycles. The first kappa shape index (κ1) is 28.5. The number of pyridine rings is 4. The lowest BCUT2D eigenvalue weighted by atomic mass is 10.2. The minimum atomic E-state index is 0. The van der Waals surface area contributed by atoms with Crippen molar-refractivity contribution in [1.29, 1.82) is 0 Å². The summed E-state index contributed by atoms with van der Waals surface area (Å²) in [4.78, 5) is 16.7. The zero-order valence-corrected chi connectivity index (χ0v) is 22.7. The number of aromatic nitrogens is 4. The zero-order chi connectivity index (χ0) is 27.2.